The molecule has 0 saturated carbocycles. The van der Waals surface area contributed by atoms with Crippen LogP contribution in [0, 0.1) is 6.92 Å². The van der Waals surface area contributed by atoms with Crippen molar-refractivity contribution in [1.29, 1.82) is 0 Å². The summed E-state index contributed by atoms with van der Waals surface area (Å²) in [6.45, 7) is 3.67. The largest absolute Gasteiger partial charge is 0.463 e. The summed E-state index contributed by atoms with van der Waals surface area (Å²) in [5, 5.41) is 0. The van der Waals surface area contributed by atoms with Crippen LogP contribution in [0.15, 0.2) is 24.3 Å². The summed E-state index contributed by atoms with van der Waals surface area (Å²) in [5.74, 6) is -1.75. The number of ketones is 1. The lowest BCUT2D eigenvalue weighted by atomic mass is 9.96. The molecule has 0 N–H and O–H groups in total. The first-order valence-electron chi connectivity index (χ1n) is 4.75. The Labute approximate surface area is 89.1 Å². The van der Waals surface area contributed by atoms with Crippen molar-refractivity contribution in [3.63, 3.8) is 0 Å². The lowest BCUT2D eigenvalue weighted by molar-refractivity contribution is -0.152. The van der Waals surface area contributed by atoms with Gasteiger partial charge in [0.15, 0.2) is 0 Å². The summed E-state index contributed by atoms with van der Waals surface area (Å²) in [7, 11) is 1.21. The predicted molar refractivity (Wildman–Crippen MR) is 56.6 cm³/mol. The van der Waals surface area contributed by atoms with Crippen LogP contribution in [0.2, 0.25) is 0 Å². The first-order valence-corrected chi connectivity index (χ1v) is 4.75. The molecule has 0 amide bonds. The molecule has 0 fully saturated rings. The van der Waals surface area contributed by atoms with Gasteiger partial charge in [-0.2, -0.15) is 0 Å². The average molecular weight is 206 g/mol. The molecule has 1 unspecified atom stereocenters. The molecule has 0 aliphatic carbocycles. The minimum Gasteiger partial charge on any atom is -0.463 e. The molecular weight excluding hydrogens is 192 g/mol. The topological polar surface area (TPSA) is 43.4 Å². The van der Waals surface area contributed by atoms with E-state index in [1.165, 1.54) is 7.11 Å². The van der Waals surface area contributed by atoms with Gasteiger partial charge in [0.1, 0.15) is 0 Å². The Kier molecular flexibility index (Phi) is 3.61. The molecule has 3 heteroatoms. The number of hydrogen-bond acceptors (Lipinski definition) is 3. The second-order valence-electron chi connectivity index (χ2n) is 3.49. The summed E-state index contributed by atoms with van der Waals surface area (Å²) in [5.41, 5.74) is 1.95. The number of rotatable bonds is 3. The standard InChI is InChI=1S/C12H14O3/c1-8-4-6-10(7-5-8)9(2)11(13)12(14)15-3/h4-7,9H,1-3H3. The number of methoxy groups -OCH3 is 1. The van der Waals surface area contributed by atoms with E-state index in [4.69, 9.17) is 0 Å². The number of esters is 1. The van der Waals surface area contributed by atoms with E-state index in [2.05, 4.69) is 4.74 Å². The van der Waals surface area contributed by atoms with Crippen LogP contribution in [0.4, 0.5) is 0 Å². The third-order valence-corrected chi connectivity index (χ3v) is 2.36. The van der Waals surface area contributed by atoms with Crippen LogP contribution in [0.25, 0.3) is 0 Å². The molecule has 0 heterocycles. The number of Topliss-reactive ketones (excluding diaryl/α,β-unsaturated/α-hetero) is 1. The maximum absolute atomic E-state index is 11.5. The first-order chi connectivity index (χ1) is 7.06. The summed E-state index contributed by atoms with van der Waals surface area (Å²) in [6.07, 6.45) is 0. The normalized spacial score (nSPS) is 11.9. The Hall–Kier alpha value is -1.64. The Morgan fingerprint density at radius 3 is 2.20 bits per heavy atom. The van der Waals surface area contributed by atoms with Crippen LogP contribution >= 0.6 is 0 Å². The fourth-order valence-electron chi connectivity index (χ4n) is 1.28. The molecule has 80 valence electrons. The number of aryl methyl sites for hydroxylation is 1. The van der Waals surface area contributed by atoms with Crippen molar-refractivity contribution in [2.24, 2.45) is 0 Å². The zero-order valence-electron chi connectivity index (χ0n) is 9.11. The predicted octanol–water partition coefficient (Wildman–Crippen LogP) is 1.84. The molecule has 0 bridgehead atoms. The van der Waals surface area contributed by atoms with Gasteiger partial charge in [-0.3, -0.25) is 4.79 Å². The van der Waals surface area contributed by atoms with E-state index in [9.17, 15) is 9.59 Å². The lowest BCUT2D eigenvalue weighted by Crippen LogP contribution is -2.21. The van der Waals surface area contributed by atoms with Crippen LogP contribution in [0.1, 0.15) is 24.0 Å². The van der Waals surface area contributed by atoms with Gasteiger partial charge in [0.2, 0.25) is 5.78 Å². The Bertz CT molecular complexity index is 365. The summed E-state index contributed by atoms with van der Waals surface area (Å²) in [6, 6.07) is 7.52. The SMILES string of the molecule is COC(=O)C(=O)C(C)c1ccc(C)cc1. The highest BCUT2D eigenvalue weighted by Gasteiger charge is 2.22. The fourth-order valence-corrected chi connectivity index (χ4v) is 1.28. The highest BCUT2D eigenvalue weighted by molar-refractivity contribution is 6.35. The van der Waals surface area contributed by atoms with Gasteiger partial charge in [-0.25, -0.2) is 4.79 Å². The van der Waals surface area contributed by atoms with E-state index in [-0.39, 0.29) is 0 Å². The van der Waals surface area contributed by atoms with Crippen molar-refractivity contribution in [3.8, 4) is 0 Å². The molecular formula is C12H14O3. The molecule has 0 aliphatic rings. The summed E-state index contributed by atoms with van der Waals surface area (Å²) >= 11 is 0. The molecule has 0 aromatic heterocycles. The Morgan fingerprint density at radius 1 is 1.20 bits per heavy atom. The highest BCUT2D eigenvalue weighted by atomic mass is 16.5. The van der Waals surface area contributed by atoms with Gasteiger partial charge in [0.05, 0.1) is 13.0 Å². The van der Waals surface area contributed by atoms with E-state index in [0.29, 0.717) is 0 Å². The molecule has 0 radical (unpaired) electrons. The molecule has 3 nitrogen and oxygen atoms in total. The second-order valence-corrected chi connectivity index (χ2v) is 3.49. The third-order valence-electron chi connectivity index (χ3n) is 2.36. The van der Waals surface area contributed by atoms with Crippen molar-refractivity contribution >= 4 is 11.8 Å². The summed E-state index contributed by atoms with van der Waals surface area (Å²) < 4.78 is 4.39. The highest BCUT2D eigenvalue weighted by Crippen LogP contribution is 2.17. The van der Waals surface area contributed by atoms with Gasteiger partial charge >= 0.3 is 5.97 Å². The van der Waals surface area contributed by atoms with Crippen LogP contribution in [0.3, 0.4) is 0 Å². The maximum atomic E-state index is 11.5. The van der Waals surface area contributed by atoms with E-state index in [0.717, 1.165) is 11.1 Å². The third kappa shape index (κ3) is 2.65. The van der Waals surface area contributed by atoms with Crippen molar-refractivity contribution in [2.75, 3.05) is 7.11 Å². The van der Waals surface area contributed by atoms with E-state index in [1.54, 1.807) is 6.92 Å². The van der Waals surface area contributed by atoms with Crippen molar-refractivity contribution in [3.05, 3.63) is 35.4 Å². The van der Waals surface area contributed by atoms with Crippen LogP contribution in [0.5, 0.6) is 0 Å². The van der Waals surface area contributed by atoms with E-state index in [1.807, 2.05) is 31.2 Å². The molecule has 0 aliphatic heterocycles. The van der Waals surface area contributed by atoms with Crippen molar-refractivity contribution < 1.29 is 14.3 Å². The zero-order chi connectivity index (χ0) is 11.4. The lowest BCUT2D eigenvalue weighted by Gasteiger charge is -2.09. The molecule has 1 aromatic rings. The van der Waals surface area contributed by atoms with Gasteiger partial charge in [0, 0.05) is 0 Å². The molecule has 15 heavy (non-hydrogen) atoms. The number of benzene rings is 1. The second kappa shape index (κ2) is 4.73. The minimum atomic E-state index is -0.789. The van der Waals surface area contributed by atoms with E-state index < -0.39 is 17.7 Å². The smallest absolute Gasteiger partial charge is 0.374 e. The molecule has 1 aromatic carbocycles. The quantitative estimate of drug-likeness (QED) is 0.560. The fraction of sp³-hybridized carbons (Fsp3) is 0.333. The molecule has 1 rings (SSSR count). The summed E-state index contributed by atoms with van der Waals surface area (Å²) in [4.78, 5) is 22.5. The Morgan fingerprint density at radius 2 is 1.73 bits per heavy atom. The van der Waals surface area contributed by atoms with Gasteiger partial charge in [0.25, 0.3) is 0 Å². The Balaban J connectivity index is 2.85. The van der Waals surface area contributed by atoms with Gasteiger partial charge in [-0.15, -0.1) is 0 Å². The molecule has 0 saturated heterocycles. The van der Waals surface area contributed by atoms with Crippen molar-refractivity contribution in [2.45, 2.75) is 19.8 Å². The first kappa shape index (κ1) is 11.4. The van der Waals surface area contributed by atoms with Gasteiger partial charge in [-0.1, -0.05) is 36.8 Å². The molecule has 0 spiro atoms. The average Bonchev–Trinajstić information content (AvgIpc) is 2.27. The van der Waals surface area contributed by atoms with E-state index >= 15 is 0 Å². The van der Waals surface area contributed by atoms with Crippen molar-refractivity contribution in [1.82, 2.24) is 0 Å². The number of carbonyl (C=O) groups excluding carboxylic acids is 2. The monoisotopic (exact) mass is 206 g/mol. The van der Waals surface area contributed by atoms with Gasteiger partial charge < -0.3 is 4.74 Å². The molecule has 1 atom stereocenters. The maximum Gasteiger partial charge on any atom is 0.374 e. The zero-order valence-corrected chi connectivity index (χ0v) is 9.11. The minimum absolute atomic E-state index is 0.446. The van der Waals surface area contributed by atoms with Crippen LogP contribution in [-0.2, 0) is 14.3 Å². The van der Waals surface area contributed by atoms with Gasteiger partial charge in [-0.05, 0) is 12.5 Å². The number of carbonyl (C=O) groups is 2. The number of ether oxygens (including phenoxy) is 1. The van der Waals surface area contributed by atoms with Crippen LogP contribution < -0.4 is 0 Å². The van der Waals surface area contributed by atoms with Crippen LogP contribution in [-0.4, -0.2) is 18.9 Å². The number of hydrogen-bond donors (Lipinski definition) is 0.